The molecule has 0 aliphatic carbocycles. The van der Waals surface area contributed by atoms with Crippen LogP contribution in [0.15, 0.2) is 59.3 Å². The first-order chi connectivity index (χ1) is 16.8. The fourth-order valence-electron chi connectivity index (χ4n) is 3.69. The van der Waals surface area contributed by atoms with E-state index >= 15 is 0 Å². The smallest absolute Gasteiger partial charge is 0.290 e. The molecular weight excluding hydrogens is 458 g/mol. The normalized spacial score (nSPS) is 11.9. The van der Waals surface area contributed by atoms with Gasteiger partial charge in [0.05, 0.1) is 19.2 Å². The average molecular weight is 480 g/mol. The highest BCUT2D eigenvalue weighted by atomic mass is 19.2. The van der Waals surface area contributed by atoms with E-state index in [1.54, 1.807) is 6.20 Å². The Labute approximate surface area is 199 Å². The molecule has 180 valence electrons. The number of benzene rings is 2. The number of nitrogens with zero attached hydrogens (tertiary/aromatic N) is 2. The summed E-state index contributed by atoms with van der Waals surface area (Å²) in [7, 11) is 1.37. The molecule has 0 saturated heterocycles. The molecule has 3 N–H and O–H groups in total. The zero-order chi connectivity index (χ0) is 24.9. The molecule has 1 amide bonds. The van der Waals surface area contributed by atoms with Crippen molar-refractivity contribution in [2.75, 3.05) is 12.8 Å². The van der Waals surface area contributed by atoms with Crippen molar-refractivity contribution in [1.82, 2.24) is 15.5 Å². The standard InChI is InChI=1S/C25H22F2N4O4/c1-34-23-13-22(35-31-23)25(33)30-20(12-15-3-6-18(26)19(27)11-15)21(32)7-4-14-2-5-17-16(10-14)8-9-29-24(17)28/h2-3,5-6,8-11,13,20H,4,7,12H2,1H3,(H2,28,29)(H,30,33)/t20-/m0/s1. The molecule has 8 nitrogen and oxygen atoms in total. The van der Waals surface area contributed by atoms with Gasteiger partial charge in [-0.05, 0) is 52.7 Å². The molecule has 0 fully saturated rings. The van der Waals surface area contributed by atoms with Crippen LogP contribution in [-0.2, 0) is 17.6 Å². The van der Waals surface area contributed by atoms with E-state index in [0.29, 0.717) is 17.8 Å². The SMILES string of the molecule is COc1cc(C(=O)N[C@@H](Cc2ccc(F)c(F)c2)C(=O)CCc2ccc3c(N)nccc3c2)on1. The van der Waals surface area contributed by atoms with Crippen LogP contribution in [0.1, 0.15) is 28.1 Å². The van der Waals surface area contributed by atoms with Crippen LogP contribution >= 0.6 is 0 Å². The van der Waals surface area contributed by atoms with Crippen molar-refractivity contribution in [3.63, 3.8) is 0 Å². The van der Waals surface area contributed by atoms with E-state index in [2.05, 4.69) is 15.5 Å². The number of hydrogen-bond donors (Lipinski definition) is 2. The molecule has 35 heavy (non-hydrogen) atoms. The van der Waals surface area contributed by atoms with E-state index in [1.165, 1.54) is 19.2 Å². The van der Waals surface area contributed by atoms with Gasteiger partial charge in [0.1, 0.15) is 5.82 Å². The number of anilines is 1. The highest BCUT2D eigenvalue weighted by Crippen LogP contribution is 2.21. The molecule has 0 bridgehead atoms. The van der Waals surface area contributed by atoms with Crippen LogP contribution in [0.2, 0.25) is 0 Å². The van der Waals surface area contributed by atoms with Gasteiger partial charge in [-0.25, -0.2) is 13.8 Å². The third-order valence-electron chi connectivity index (χ3n) is 5.56. The Morgan fingerprint density at radius 2 is 1.89 bits per heavy atom. The number of halogens is 2. The first kappa shape index (κ1) is 23.8. The van der Waals surface area contributed by atoms with Crippen molar-refractivity contribution in [3.05, 3.63) is 83.2 Å². The molecule has 2 aromatic heterocycles. The number of carbonyl (C=O) groups excluding carboxylic acids is 2. The Kier molecular flexibility index (Phi) is 7.00. The maximum Gasteiger partial charge on any atom is 0.290 e. The second-order valence-electron chi connectivity index (χ2n) is 7.93. The van der Waals surface area contributed by atoms with Crippen molar-refractivity contribution in [3.8, 4) is 5.88 Å². The van der Waals surface area contributed by atoms with Crippen LogP contribution in [0.4, 0.5) is 14.6 Å². The number of nitrogens with one attached hydrogen (secondary N) is 1. The first-order valence-electron chi connectivity index (χ1n) is 10.8. The molecule has 0 aliphatic heterocycles. The molecule has 4 rings (SSSR count). The Morgan fingerprint density at radius 3 is 2.63 bits per heavy atom. The van der Waals surface area contributed by atoms with Gasteiger partial charge in [-0.2, -0.15) is 0 Å². The molecule has 0 radical (unpaired) electrons. The summed E-state index contributed by atoms with van der Waals surface area (Å²) in [6, 6.07) is 11.1. The van der Waals surface area contributed by atoms with E-state index in [0.717, 1.165) is 28.5 Å². The number of ether oxygens (including phenoxy) is 1. The summed E-state index contributed by atoms with van der Waals surface area (Å²) in [5.41, 5.74) is 7.14. The Bertz CT molecular complexity index is 1390. The van der Waals surface area contributed by atoms with Crippen LogP contribution in [0, 0.1) is 11.6 Å². The van der Waals surface area contributed by atoms with E-state index in [4.69, 9.17) is 15.0 Å². The highest BCUT2D eigenvalue weighted by Gasteiger charge is 2.24. The number of Topliss-reactive ketones (excluding diaryl/α,β-unsaturated/α-hetero) is 1. The Hall–Kier alpha value is -4.34. The Balaban J connectivity index is 1.51. The van der Waals surface area contributed by atoms with Crippen molar-refractivity contribution >= 4 is 28.3 Å². The van der Waals surface area contributed by atoms with Crippen molar-refractivity contribution in [2.24, 2.45) is 0 Å². The summed E-state index contributed by atoms with van der Waals surface area (Å²) in [5, 5.41) is 7.89. The molecule has 1 atom stereocenters. The third kappa shape index (κ3) is 5.60. The van der Waals surface area contributed by atoms with Crippen LogP contribution in [0.3, 0.4) is 0 Å². The number of aromatic nitrogens is 2. The molecule has 0 aliphatic rings. The molecule has 2 aromatic carbocycles. The Morgan fingerprint density at radius 1 is 1.09 bits per heavy atom. The number of hydrogen-bond acceptors (Lipinski definition) is 7. The van der Waals surface area contributed by atoms with Gasteiger partial charge in [-0.3, -0.25) is 9.59 Å². The molecular formula is C25H22F2N4O4. The number of carbonyl (C=O) groups is 2. The third-order valence-corrected chi connectivity index (χ3v) is 5.56. The predicted octanol–water partition coefficient (Wildman–Crippen LogP) is 3.63. The van der Waals surface area contributed by atoms with Crippen LogP contribution in [0.5, 0.6) is 5.88 Å². The first-order valence-corrected chi connectivity index (χ1v) is 10.8. The summed E-state index contributed by atoms with van der Waals surface area (Å²) in [4.78, 5) is 29.8. The van der Waals surface area contributed by atoms with E-state index in [1.807, 2.05) is 24.3 Å². The topological polar surface area (TPSA) is 120 Å². The quantitative estimate of drug-likeness (QED) is 0.375. The lowest BCUT2D eigenvalue weighted by molar-refractivity contribution is -0.120. The number of ketones is 1. The van der Waals surface area contributed by atoms with Gasteiger partial charge in [0.25, 0.3) is 11.8 Å². The number of aryl methyl sites for hydroxylation is 1. The summed E-state index contributed by atoms with van der Waals surface area (Å²) >= 11 is 0. The van der Waals surface area contributed by atoms with Gasteiger partial charge in [-0.15, -0.1) is 0 Å². The lowest BCUT2D eigenvalue weighted by Crippen LogP contribution is -2.42. The monoisotopic (exact) mass is 480 g/mol. The summed E-state index contributed by atoms with van der Waals surface area (Å²) < 4.78 is 36.9. The van der Waals surface area contributed by atoms with E-state index < -0.39 is 23.6 Å². The number of nitrogens with two attached hydrogens (primary N) is 1. The minimum absolute atomic E-state index is 0.0348. The van der Waals surface area contributed by atoms with Gasteiger partial charge < -0.3 is 20.3 Å². The second-order valence-corrected chi connectivity index (χ2v) is 7.93. The lowest BCUT2D eigenvalue weighted by atomic mass is 9.96. The second kappa shape index (κ2) is 10.3. The molecule has 2 heterocycles. The highest BCUT2D eigenvalue weighted by molar-refractivity contribution is 5.96. The minimum Gasteiger partial charge on any atom is -0.479 e. The van der Waals surface area contributed by atoms with Crippen LogP contribution in [0.25, 0.3) is 10.8 Å². The summed E-state index contributed by atoms with van der Waals surface area (Å²) in [5.74, 6) is -2.63. The van der Waals surface area contributed by atoms with Crippen LogP contribution < -0.4 is 15.8 Å². The number of nitrogen functional groups attached to an aromatic ring is 1. The summed E-state index contributed by atoms with van der Waals surface area (Å²) in [6.45, 7) is 0. The number of amides is 1. The van der Waals surface area contributed by atoms with Gasteiger partial charge in [0, 0.05) is 18.0 Å². The minimum atomic E-state index is -1.04. The van der Waals surface area contributed by atoms with Crippen molar-refractivity contribution < 1.29 is 27.6 Å². The van der Waals surface area contributed by atoms with Gasteiger partial charge in [0.2, 0.25) is 5.76 Å². The predicted molar refractivity (Wildman–Crippen MR) is 124 cm³/mol. The van der Waals surface area contributed by atoms with Gasteiger partial charge >= 0.3 is 0 Å². The van der Waals surface area contributed by atoms with E-state index in [9.17, 15) is 18.4 Å². The zero-order valence-corrected chi connectivity index (χ0v) is 18.8. The molecule has 4 aromatic rings. The van der Waals surface area contributed by atoms with Crippen LogP contribution in [-0.4, -0.2) is 35.0 Å². The largest absolute Gasteiger partial charge is 0.479 e. The van der Waals surface area contributed by atoms with Gasteiger partial charge in [0.15, 0.2) is 17.4 Å². The average Bonchev–Trinajstić information content (AvgIpc) is 3.34. The molecule has 0 saturated carbocycles. The van der Waals surface area contributed by atoms with Crippen molar-refractivity contribution in [1.29, 1.82) is 0 Å². The number of pyridine rings is 1. The molecule has 10 heteroatoms. The maximum atomic E-state index is 13.7. The maximum absolute atomic E-state index is 13.7. The molecule has 0 unspecified atom stereocenters. The number of methoxy groups -OCH3 is 1. The van der Waals surface area contributed by atoms with Crippen molar-refractivity contribution in [2.45, 2.75) is 25.3 Å². The molecule has 0 spiro atoms. The van der Waals surface area contributed by atoms with E-state index in [-0.39, 0.29) is 30.3 Å². The fraction of sp³-hybridized carbons (Fsp3) is 0.200. The van der Waals surface area contributed by atoms with Gasteiger partial charge in [-0.1, -0.05) is 24.3 Å². The zero-order valence-electron chi connectivity index (χ0n) is 18.8. The number of fused-ring (bicyclic) bond motifs is 1. The number of rotatable bonds is 9. The lowest BCUT2D eigenvalue weighted by Gasteiger charge is -2.17. The summed E-state index contributed by atoms with van der Waals surface area (Å²) in [6.07, 6.45) is 2.07. The fourth-order valence-corrected chi connectivity index (χ4v) is 3.69.